The van der Waals surface area contributed by atoms with Crippen LogP contribution in [0.4, 0.5) is 0 Å². The lowest BCUT2D eigenvalue weighted by atomic mass is 9.94. The summed E-state index contributed by atoms with van der Waals surface area (Å²) in [6.45, 7) is 8.40. The minimum Gasteiger partial charge on any atom is -0.310 e. The number of hydrogen-bond acceptors (Lipinski definition) is 2. The Balaban J connectivity index is 1.63. The van der Waals surface area contributed by atoms with Crippen LogP contribution in [0.15, 0.2) is 71.8 Å². The smallest absolute Gasteiger partial charge is 0.261 e. The molecule has 2 aliphatic rings. The maximum Gasteiger partial charge on any atom is 0.261 e. The molecule has 4 heteroatoms. The number of amides is 2. The average Bonchev–Trinajstić information content (AvgIpc) is 3.22. The molecule has 34 heavy (non-hydrogen) atoms. The molecule has 0 unspecified atom stereocenters. The summed E-state index contributed by atoms with van der Waals surface area (Å²) in [7, 11) is 3.49. The quantitative estimate of drug-likeness (QED) is 0.519. The molecule has 0 atom stereocenters. The Kier molecular flexibility index (Phi) is 5.05. The van der Waals surface area contributed by atoms with Gasteiger partial charge in [0.05, 0.1) is 22.5 Å². The van der Waals surface area contributed by atoms with Crippen LogP contribution in [-0.4, -0.2) is 35.7 Å². The van der Waals surface area contributed by atoms with Gasteiger partial charge in [-0.2, -0.15) is 0 Å². The van der Waals surface area contributed by atoms with Crippen LogP contribution in [0, 0.1) is 27.7 Å². The Bertz CT molecular complexity index is 1420. The predicted octanol–water partition coefficient (Wildman–Crippen LogP) is 5.65. The van der Waals surface area contributed by atoms with E-state index in [0.717, 1.165) is 22.3 Å². The third-order valence-corrected chi connectivity index (χ3v) is 7.07. The number of carbonyl (C=O) groups excluding carboxylic acids is 2. The maximum atomic E-state index is 13.4. The van der Waals surface area contributed by atoms with Crippen LogP contribution in [0.2, 0.25) is 0 Å². The molecule has 0 bridgehead atoms. The molecule has 2 amide bonds. The van der Waals surface area contributed by atoms with E-state index in [1.165, 1.54) is 22.3 Å². The van der Waals surface area contributed by atoms with E-state index in [9.17, 15) is 9.59 Å². The Morgan fingerprint density at radius 2 is 0.941 bits per heavy atom. The molecular weight excluding hydrogens is 420 g/mol. The zero-order valence-corrected chi connectivity index (χ0v) is 20.5. The summed E-state index contributed by atoms with van der Waals surface area (Å²) in [5, 5.41) is 0. The Morgan fingerprint density at radius 3 is 1.44 bits per heavy atom. The summed E-state index contributed by atoms with van der Waals surface area (Å²) in [4.78, 5) is 29.9. The van der Waals surface area contributed by atoms with Crippen molar-refractivity contribution in [2.45, 2.75) is 27.7 Å². The van der Waals surface area contributed by atoms with E-state index < -0.39 is 0 Å². The van der Waals surface area contributed by atoms with Crippen molar-refractivity contribution in [1.29, 1.82) is 0 Å². The van der Waals surface area contributed by atoms with Crippen molar-refractivity contribution >= 4 is 23.2 Å². The fraction of sp³-hybridized carbons (Fsp3) is 0.200. The van der Waals surface area contributed by atoms with E-state index in [2.05, 4.69) is 45.0 Å². The van der Waals surface area contributed by atoms with Crippen molar-refractivity contribution in [3.05, 3.63) is 105 Å². The highest BCUT2D eigenvalue weighted by Gasteiger charge is 2.46. The molecule has 0 spiro atoms. The van der Waals surface area contributed by atoms with Gasteiger partial charge in [0.1, 0.15) is 0 Å². The molecular formula is C30H28N2O2. The maximum absolute atomic E-state index is 13.4. The number of rotatable bonds is 3. The molecule has 2 heterocycles. The molecule has 0 saturated heterocycles. The Hall–Kier alpha value is -3.92. The van der Waals surface area contributed by atoms with E-state index in [-0.39, 0.29) is 11.8 Å². The summed E-state index contributed by atoms with van der Waals surface area (Å²) in [5.74, 6) is -0.292. The first kappa shape index (κ1) is 21.9. The molecule has 4 nitrogen and oxygen atoms in total. The van der Waals surface area contributed by atoms with E-state index in [1.807, 2.05) is 43.3 Å². The number of carbonyl (C=O) groups is 2. The van der Waals surface area contributed by atoms with E-state index in [0.29, 0.717) is 22.5 Å². The lowest BCUT2D eigenvalue weighted by Gasteiger charge is -2.20. The van der Waals surface area contributed by atoms with E-state index in [1.54, 1.807) is 23.9 Å². The van der Waals surface area contributed by atoms with E-state index in [4.69, 9.17) is 0 Å². The number of benzene rings is 3. The summed E-state index contributed by atoms with van der Waals surface area (Å²) in [5.41, 5.74) is 11.3. The first-order valence-corrected chi connectivity index (χ1v) is 11.5. The lowest BCUT2D eigenvalue weighted by Crippen LogP contribution is -2.25. The topological polar surface area (TPSA) is 40.6 Å². The zero-order chi connectivity index (χ0) is 24.3. The van der Waals surface area contributed by atoms with Crippen LogP contribution in [0.25, 0.3) is 22.5 Å². The van der Waals surface area contributed by atoms with Crippen molar-refractivity contribution < 1.29 is 9.59 Å². The number of aryl methyl sites for hydroxylation is 4. The molecule has 170 valence electrons. The van der Waals surface area contributed by atoms with Crippen molar-refractivity contribution in [1.82, 2.24) is 9.80 Å². The Labute approximate surface area is 200 Å². The van der Waals surface area contributed by atoms with E-state index >= 15 is 0 Å². The highest BCUT2D eigenvalue weighted by atomic mass is 16.2. The van der Waals surface area contributed by atoms with Gasteiger partial charge in [-0.15, -0.1) is 0 Å². The second-order valence-electron chi connectivity index (χ2n) is 9.37. The molecule has 5 rings (SSSR count). The van der Waals surface area contributed by atoms with Gasteiger partial charge in [-0.3, -0.25) is 9.59 Å². The summed E-state index contributed by atoms with van der Waals surface area (Å²) in [6, 6.07) is 20.5. The van der Waals surface area contributed by atoms with Gasteiger partial charge in [0, 0.05) is 14.1 Å². The number of hydrogen-bond donors (Lipinski definition) is 0. The first-order chi connectivity index (χ1) is 16.2. The minimum absolute atomic E-state index is 0.146. The highest BCUT2D eigenvalue weighted by Crippen LogP contribution is 2.45. The van der Waals surface area contributed by atoms with Crippen molar-refractivity contribution in [3.8, 4) is 11.1 Å². The van der Waals surface area contributed by atoms with Crippen LogP contribution in [0.1, 0.15) is 33.4 Å². The molecule has 0 radical (unpaired) electrons. The second-order valence-corrected chi connectivity index (χ2v) is 9.37. The molecule has 3 aromatic rings. The van der Waals surface area contributed by atoms with Gasteiger partial charge < -0.3 is 9.80 Å². The normalized spacial score (nSPS) is 15.7. The second kappa shape index (κ2) is 7.84. The van der Waals surface area contributed by atoms with Gasteiger partial charge in [-0.1, -0.05) is 66.2 Å². The lowest BCUT2D eigenvalue weighted by molar-refractivity contribution is -0.123. The van der Waals surface area contributed by atoms with Crippen molar-refractivity contribution in [2.24, 2.45) is 0 Å². The third-order valence-electron chi connectivity index (χ3n) is 7.07. The van der Waals surface area contributed by atoms with Gasteiger partial charge in [0.25, 0.3) is 11.8 Å². The SMILES string of the molecule is Cc1ccc(C2=C3C(=O)N(C)C(c4ccc(-c5cc(C)c(C)cc5C)cc4)=C3C(=O)N2C)cc1. The van der Waals surface area contributed by atoms with Gasteiger partial charge in [-0.25, -0.2) is 0 Å². The van der Waals surface area contributed by atoms with Crippen LogP contribution in [0.3, 0.4) is 0 Å². The van der Waals surface area contributed by atoms with Gasteiger partial charge in [0.2, 0.25) is 0 Å². The van der Waals surface area contributed by atoms with Crippen molar-refractivity contribution in [2.75, 3.05) is 14.1 Å². The minimum atomic E-state index is -0.146. The number of nitrogens with zero attached hydrogens (tertiary/aromatic N) is 2. The van der Waals surface area contributed by atoms with Crippen LogP contribution >= 0.6 is 0 Å². The van der Waals surface area contributed by atoms with Gasteiger partial charge in [-0.05, 0) is 66.6 Å². The molecule has 0 fully saturated rings. The molecule has 0 saturated carbocycles. The zero-order valence-electron chi connectivity index (χ0n) is 20.5. The molecule has 3 aromatic carbocycles. The first-order valence-electron chi connectivity index (χ1n) is 11.5. The highest BCUT2D eigenvalue weighted by molar-refractivity contribution is 6.30. The Morgan fingerprint density at radius 1 is 0.529 bits per heavy atom. The summed E-state index contributed by atoms with van der Waals surface area (Å²) >= 11 is 0. The molecule has 0 aliphatic carbocycles. The average molecular weight is 449 g/mol. The molecule has 0 N–H and O–H groups in total. The fourth-order valence-electron chi connectivity index (χ4n) is 4.99. The fourth-order valence-corrected chi connectivity index (χ4v) is 4.99. The summed E-state index contributed by atoms with van der Waals surface area (Å²) in [6.07, 6.45) is 0. The van der Waals surface area contributed by atoms with Crippen LogP contribution < -0.4 is 0 Å². The van der Waals surface area contributed by atoms with Gasteiger partial charge in [0.15, 0.2) is 0 Å². The monoisotopic (exact) mass is 448 g/mol. The standard InChI is InChI=1S/C30H28N2O2/c1-17-7-9-22(10-8-17)27-25-26(30(34)31(27)5)28(32(6)29(25)33)23-13-11-21(12-14-23)24-16-19(3)18(2)15-20(24)4/h7-16H,1-6H3. The van der Waals surface area contributed by atoms with Crippen molar-refractivity contribution in [3.63, 3.8) is 0 Å². The largest absolute Gasteiger partial charge is 0.310 e. The van der Waals surface area contributed by atoms with Crippen LogP contribution in [-0.2, 0) is 9.59 Å². The molecule has 0 aromatic heterocycles. The number of fused-ring (bicyclic) bond motifs is 1. The van der Waals surface area contributed by atoms with Gasteiger partial charge >= 0.3 is 0 Å². The third kappa shape index (κ3) is 3.21. The predicted molar refractivity (Wildman–Crippen MR) is 137 cm³/mol. The molecule has 2 aliphatic heterocycles. The number of likely N-dealkylation sites (N-methyl/N-ethyl adjacent to an activating group) is 2. The summed E-state index contributed by atoms with van der Waals surface area (Å²) < 4.78 is 0. The van der Waals surface area contributed by atoms with Crippen LogP contribution in [0.5, 0.6) is 0 Å².